The third kappa shape index (κ3) is 5.04. The van der Waals surface area contributed by atoms with Crippen molar-refractivity contribution < 1.29 is 19.4 Å². The lowest BCUT2D eigenvalue weighted by Crippen LogP contribution is -2.44. The summed E-state index contributed by atoms with van der Waals surface area (Å²) in [4.78, 5) is 21.6. The monoisotopic (exact) mass is 573 g/mol. The molecule has 4 aliphatic rings. The van der Waals surface area contributed by atoms with Crippen molar-refractivity contribution in [3.8, 4) is 17.0 Å². The summed E-state index contributed by atoms with van der Waals surface area (Å²) >= 11 is 1.64. The van der Waals surface area contributed by atoms with E-state index in [2.05, 4.69) is 59.4 Å². The van der Waals surface area contributed by atoms with E-state index in [4.69, 9.17) is 14.5 Å². The van der Waals surface area contributed by atoms with Gasteiger partial charge in [0.2, 0.25) is 0 Å². The van der Waals surface area contributed by atoms with E-state index >= 15 is 0 Å². The molecule has 4 heterocycles. The second kappa shape index (κ2) is 10.7. The third-order valence-corrected chi connectivity index (χ3v) is 10.9. The highest BCUT2D eigenvalue weighted by molar-refractivity contribution is 7.14. The predicted molar refractivity (Wildman–Crippen MR) is 161 cm³/mol. The van der Waals surface area contributed by atoms with Gasteiger partial charge in [-0.25, -0.2) is 4.98 Å². The zero-order valence-electron chi connectivity index (χ0n) is 24.0. The Kier molecular flexibility index (Phi) is 7.04. The van der Waals surface area contributed by atoms with E-state index in [0.29, 0.717) is 19.1 Å². The number of carbonyl (C=O) groups is 1. The molecule has 7 nitrogen and oxygen atoms in total. The average molecular weight is 574 g/mol. The largest absolute Gasteiger partial charge is 0.488 e. The van der Waals surface area contributed by atoms with Crippen molar-refractivity contribution in [2.75, 3.05) is 37.7 Å². The zero-order valence-corrected chi connectivity index (χ0v) is 24.8. The van der Waals surface area contributed by atoms with E-state index in [1.807, 2.05) is 0 Å². The van der Waals surface area contributed by atoms with Crippen molar-refractivity contribution in [2.45, 2.75) is 65.1 Å². The van der Waals surface area contributed by atoms with Gasteiger partial charge in [0.1, 0.15) is 12.4 Å². The fourth-order valence-electron chi connectivity index (χ4n) is 7.21. The molecule has 8 heteroatoms. The van der Waals surface area contributed by atoms with E-state index in [9.17, 15) is 9.90 Å². The van der Waals surface area contributed by atoms with Crippen LogP contribution in [0.2, 0.25) is 0 Å². The third-order valence-electron chi connectivity index (χ3n) is 9.97. The maximum absolute atomic E-state index is 11.7. The molecule has 1 N–H and O–H groups in total. The molecule has 2 saturated heterocycles. The molecule has 0 spiro atoms. The Balaban J connectivity index is 1.05. The first-order valence-electron chi connectivity index (χ1n) is 15.0. The Morgan fingerprint density at radius 1 is 1.24 bits per heavy atom. The van der Waals surface area contributed by atoms with Gasteiger partial charge in [-0.05, 0) is 86.3 Å². The second-order valence-corrected chi connectivity index (χ2v) is 13.3. The number of rotatable bonds is 7. The number of fused-ring (bicyclic) bond motifs is 2. The number of aromatic nitrogens is 1. The van der Waals surface area contributed by atoms with Crippen molar-refractivity contribution in [3.05, 3.63) is 63.5 Å². The first-order valence-corrected chi connectivity index (χ1v) is 15.9. The SMILES string of the molecule is Cc1ccc(OCc2ccc3c(c2C)CCN(C2CCCOC2)C3)c(-c2csc(N3CC[C@@]4(C(=O)O)C[C@H]4C3)n2)c1. The molecule has 0 radical (unpaired) electrons. The van der Waals surface area contributed by atoms with Crippen molar-refractivity contribution in [3.63, 3.8) is 0 Å². The molecule has 7 rings (SSSR count). The van der Waals surface area contributed by atoms with Gasteiger partial charge in [0.25, 0.3) is 0 Å². The lowest BCUT2D eigenvalue weighted by Gasteiger charge is -2.38. The number of aryl methyl sites for hydroxylation is 1. The minimum atomic E-state index is -0.630. The Morgan fingerprint density at radius 2 is 2.15 bits per heavy atom. The van der Waals surface area contributed by atoms with Crippen LogP contribution in [0.25, 0.3) is 11.3 Å². The molecule has 216 valence electrons. The second-order valence-electron chi connectivity index (χ2n) is 12.4. The molecular weight excluding hydrogens is 534 g/mol. The minimum absolute atomic E-state index is 0.239. The van der Waals surface area contributed by atoms with Gasteiger partial charge in [-0.1, -0.05) is 23.8 Å². The number of carboxylic acid groups (broad SMARTS) is 1. The molecule has 0 bridgehead atoms. The molecule has 1 aromatic heterocycles. The van der Waals surface area contributed by atoms with E-state index in [-0.39, 0.29) is 5.92 Å². The summed E-state index contributed by atoms with van der Waals surface area (Å²) in [5.41, 5.74) is 8.14. The van der Waals surface area contributed by atoms with E-state index in [0.717, 1.165) is 74.4 Å². The average Bonchev–Trinajstić information content (AvgIpc) is 3.55. The lowest BCUT2D eigenvalue weighted by molar-refractivity contribution is -0.144. The molecule has 3 aliphatic heterocycles. The Morgan fingerprint density at radius 3 is 2.95 bits per heavy atom. The van der Waals surface area contributed by atoms with Crippen LogP contribution in [0.4, 0.5) is 5.13 Å². The Bertz CT molecular complexity index is 1460. The molecular formula is C33H39N3O4S. The Hall–Kier alpha value is -2.94. The van der Waals surface area contributed by atoms with Gasteiger partial charge >= 0.3 is 5.97 Å². The molecule has 1 unspecified atom stereocenters. The standard InChI is InChI=1S/C33H39N3O4S/c1-21-5-8-30(28(14-21)29-20-41-32(34-29)36-12-10-33(31(37)38)15-25(33)17-36)40-18-24-7-6-23-16-35(11-9-27(23)22(24)2)26-4-3-13-39-19-26/h5-8,14,20,25-26H,3-4,9-13,15-19H2,1-2H3,(H,37,38)/t25-,26?,33+/m0/s1. The summed E-state index contributed by atoms with van der Waals surface area (Å²) in [7, 11) is 0. The number of hydrogen-bond acceptors (Lipinski definition) is 7. The highest BCUT2D eigenvalue weighted by atomic mass is 32.1. The molecule has 0 amide bonds. The maximum Gasteiger partial charge on any atom is 0.310 e. The van der Waals surface area contributed by atoms with Gasteiger partial charge in [0, 0.05) is 49.8 Å². The fraction of sp³-hybridized carbons (Fsp3) is 0.515. The molecule has 3 fully saturated rings. The number of piperidine rings is 1. The normalized spacial score (nSPS) is 25.9. The summed E-state index contributed by atoms with van der Waals surface area (Å²) in [5, 5.41) is 12.7. The molecule has 41 heavy (non-hydrogen) atoms. The van der Waals surface area contributed by atoms with Crippen LogP contribution in [0.15, 0.2) is 35.7 Å². The number of aliphatic carboxylic acids is 1. The van der Waals surface area contributed by atoms with Crippen LogP contribution in [-0.2, 0) is 29.1 Å². The first-order chi connectivity index (χ1) is 19.9. The number of nitrogens with zero attached hydrogens (tertiary/aromatic N) is 3. The lowest BCUT2D eigenvalue weighted by atomic mass is 9.91. The smallest absolute Gasteiger partial charge is 0.310 e. The minimum Gasteiger partial charge on any atom is -0.488 e. The highest BCUT2D eigenvalue weighted by Crippen LogP contribution is 2.58. The van der Waals surface area contributed by atoms with Crippen LogP contribution in [0.5, 0.6) is 5.75 Å². The molecule has 1 saturated carbocycles. The quantitative estimate of drug-likeness (QED) is 0.380. The van der Waals surface area contributed by atoms with Gasteiger partial charge in [-0.2, -0.15) is 0 Å². The van der Waals surface area contributed by atoms with E-state index < -0.39 is 11.4 Å². The van der Waals surface area contributed by atoms with Crippen molar-refractivity contribution in [2.24, 2.45) is 11.3 Å². The summed E-state index contributed by atoms with van der Waals surface area (Å²) in [6.07, 6.45) is 4.98. The summed E-state index contributed by atoms with van der Waals surface area (Å²) in [5.74, 6) is 0.455. The highest BCUT2D eigenvalue weighted by Gasteiger charge is 2.62. The molecule has 3 aromatic rings. The predicted octanol–water partition coefficient (Wildman–Crippen LogP) is 5.84. The number of hydrogen-bond donors (Lipinski definition) is 1. The number of carboxylic acids is 1. The summed E-state index contributed by atoms with van der Waals surface area (Å²) in [6.45, 7) is 10.3. The van der Waals surface area contributed by atoms with Crippen LogP contribution in [0.3, 0.4) is 0 Å². The van der Waals surface area contributed by atoms with Gasteiger partial charge < -0.3 is 19.5 Å². The van der Waals surface area contributed by atoms with Crippen molar-refractivity contribution in [1.82, 2.24) is 9.88 Å². The number of thiazole rings is 1. The number of benzene rings is 2. The van der Waals surface area contributed by atoms with Crippen LogP contribution in [0, 0.1) is 25.2 Å². The summed E-state index contributed by atoms with van der Waals surface area (Å²) < 4.78 is 12.3. The van der Waals surface area contributed by atoms with E-state index in [1.54, 1.807) is 11.3 Å². The molecule has 2 aromatic carbocycles. The van der Waals surface area contributed by atoms with E-state index in [1.165, 1.54) is 40.7 Å². The van der Waals surface area contributed by atoms with Gasteiger partial charge in [-0.15, -0.1) is 11.3 Å². The first kappa shape index (κ1) is 26.9. The van der Waals surface area contributed by atoms with Crippen LogP contribution in [-0.4, -0.2) is 59.8 Å². The molecule has 3 atom stereocenters. The Labute approximate surface area is 246 Å². The fourth-order valence-corrected chi connectivity index (χ4v) is 8.07. The van der Waals surface area contributed by atoms with Crippen molar-refractivity contribution >= 4 is 22.4 Å². The van der Waals surface area contributed by atoms with Crippen molar-refractivity contribution in [1.29, 1.82) is 0 Å². The summed E-state index contributed by atoms with van der Waals surface area (Å²) in [6, 6.07) is 11.4. The van der Waals surface area contributed by atoms with Crippen LogP contribution >= 0.6 is 11.3 Å². The zero-order chi connectivity index (χ0) is 28.1. The number of ether oxygens (including phenoxy) is 2. The van der Waals surface area contributed by atoms with Gasteiger partial charge in [0.05, 0.1) is 17.7 Å². The topological polar surface area (TPSA) is 75.1 Å². The van der Waals surface area contributed by atoms with Crippen LogP contribution < -0.4 is 9.64 Å². The van der Waals surface area contributed by atoms with Gasteiger partial charge in [-0.3, -0.25) is 9.69 Å². The van der Waals surface area contributed by atoms with Crippen LogP contribution in [0.1, 0.15) is 53.5 Å². The molecule has 1 aliphatic carbocycles. The maximum atomic E-state index is 11.7. The number of anilines is 1. The van der Waals surface area contributed by atoms with Gasteiger partial charge in [0.15, 0.2) is 5.13 Å².